The Bertz CT molecular complexity index is 128. The molecule has 0 atom stereocenters. The van der Waals surface area contributed by atoms with E-state index in [2.05, 4.69) is 20.8 Å². The first-order valence-electron chi connectivity index (χ1n) is 6.57. The zero-order valence-electron chi connectivity index (χ0n) is 10.7. The summed E-state index contributed by atoms with van der Waals surface area (Å²) in [6.45, 7) is 6.51. The van der Waals surface area contributed by atoms with Gasteiger partial charge in [0.1, 0.15) is 5.60 Å². The smallest absolute Gasteiger partial charge is 0.103 e. The van der Waals surface area contributed by atoms with Crippen molar-refractivity contribution in [2.75, 3.05) is 0 Å². The van der Waals surface area contributed by atoms with Crippen molar-refractivity contribution in [3.8, 4) is 0 Å². The molecule has 0 spiro atoms. The summed E-state index contributed by atoms with van der Waals surface area (Å²) in [5.74, 6) is 0. The van der Waals surface area contributed by atoms with Gasteiger partial charge in [0.05, 0.1) is 0 Å². The van der Waals surface area contributed by atoms with Crippen LogP contribution in [-0.4, -0.2) is 10.9 Å². The molecule has 0 aliphatic carbocycles. The van der Waals surface area contributed by atoms with Crippen LogP contribution < -0.4 is 0 Å². The van der Waals surface area contributed by atoms with E-state index in [1.807, 2.05) is 0 Å². The monoisotopic (exact) mass is 216 g/mol. The van der Waals surface area contributed by atoms with Crippen molar-refractivity contribution in [3.63, 3.8) is 0 Å². The van der Waals surface area contributed by atoms with E-state index in [-0.39, 0.29) is 5.60 Å². The van der Waals surface area contributed by atoms with Crippen molar-refractivity contribution < 1.29 is 10.1 Å². The molecule has 1 N–H and O–H groups in total. The average molecular weight is 216 g/mol. The quantitative estimate of drug-likeness (QED) is 0.323. The van der Waals surface area contributed by atoms with Crippen LogP contribution in [0.1, 0.15) is 78.6 Å². The Morgan fingerprint density at radius 3 is 1.80 bits per heavy atom. The molecule has 0 rings (SSSR count). The molecule has 0 unspecified atom stereocenters. The molecular weight excluding hydrogens is 188 g/mol. The summed E-state index contributed by atoms with van der Waals surface area (Å²) < 4.78 is 0. The first-order chi connectivity index (χ1) is 7.24. The molecule has 2 heteroatoms. The Morgan fingerprint density at radius 1 is 0.800 bits per heavy atom. The maximum absolute atomic E-state index is 9.10. The van der Waals surface area contributed by atoms with Crippen molar-refractivity contribution >= 4 is 0 Å². The lowest BCUT2D eigenvalue weighted by Crippen LogP contribution is -2.31. The van der Waals surface area contributed by atoms with E-state index in [9.17, 15) is 0 Å². The Morgan fingerprint density at radius 2 is 1.40 bits per heavy atom. The molecule has 0 saturated carbocycles. The third kappa shape index (κ3) is 6.16. The predicted molar refractivity (Wildman–Crippen MR) is 65.0 cm³/mol. The third-order valence-electron chi connectivity index (χ3n) is 3.09. The zero-order chi connectivity index (χ0) is 11.6. The Balaban J connectivity index is 3.96. The van der Waals surface area contributed by atoms with Gasteiger partial charge >= 0.3 is 0 Å². The molecule has 0 heterocycles. The first-order valence-corrected chi connectivity index (χ1v) is 6.57. The standard InChI is InChI=1S/C13H28O2/c1-4-7-8-9-12-13(15-14,10-5-2)11-6-3/h14H,4-12H2,1-3H3. The summed E-state index contributed by atoms with van der Waals surface area (Å²) in [5, 5.41) is 9.10. The van der Waals surface area contributed by atoms with Gasteiger partial charge in [-0.1, -0.05) is 59.3 Å². The second-order valence-corrected chi connectivity index (χ2v) is 4.58. The number of hydrogen-bond donors (Lipinski definition) is 1. The van der Waals surface area contributed by atoms with Gasteiger partial charge in [0, 0.05) is 0 Å². The summed E-state index contributed by atoms with van der Waals surface area (Å²) >= 11 is 0. The van der Waals surface area contributed by atoms with E-state index in [1.54, 1.807) is 0 Å². The van der Waals surface area contributed by atoms with E-state index < -0.39 is 0 Å². The van der Waals surface area contributed by atoms with Crippen molar-refractivity contribution in [2.45, 2.75) is 84.2 Å². The summed E-state index contributed by atoms with van der Waals surface area (Å²) in [6, 6.07) is 0. The molecule has 92 valence electrons. The Hall–Kier alpha value is -0.0800. The molecule has 0 aliphatic rings. The number of rotatable bonds is 10. The van der Waals surface area contributed by atoms with Crippen LogP contribution in [0.5, 0.6) is 0 Å². The zero-order valence-corrected chi connectivity index (χ0v) is 10.7. The SMILES string of the molecule is CCCCCCC(CCC)(CCC)OO. The molecule has 0 saturated heterocycles. The second kappa shape index (κ2) is 9.17. The van der Waals surface area contributed by atoms with Gasteiger partial charge in [-0.2, -0.15) is 0 Å². The van der Waals surface area contributed by atoms with E-state index in [0.29, 0.717) is 0 Å². The van der Waals surface area contributed by atoms with E-state index in [0.717, 1.165) is 32.1 Å². The molecule has 0 fully saturated rings. The molecular formula is C13H28O2. The maximum atomic E-state index is 9.10. The topological polar surface area (TPSA) is 29.5 Å². The minimum Gasteiger partial charge on any atom is -0.251 e. The fraction of sp³-hybridized carbons (Fsp3) is 1.00. The van der Waals surface area contributed by atoms with Crippen LogP contribution >= 0.6 is 0 Å². The highest BCUT2D eigenvalue weighted by Crippen LogP contribution is 2.29. The highest BCUT2D eigenvalue weighted by atomic mass is 17.1. The summed E-state index contributed by atoms with van der Waals surface area (Å²) in [4.78, 5) is 4.80. The second-order valence-electron chi connectivity index (χ2n) is 4.58. The molecule has 2 nitrogen and oxygen atoms in total. The van der Waals surface area contributed by atoms with E-state index >= 15 is 0 Å². The molecule has 0 aromatic rings. The van der Waals surface area contributed by atoms with Gasteiger partial charge in [0.25, 0.3) is 0 Å². The van der Waals surface area contributed by atoms with Gasteiger partial charge in [0.15, 0.2) is 0 Å². The van der Waals surface area contributed by atoms with E-state index in [4.69, 9.17) is 10.1 Å². The first kappa shape index (κ1) is 14.9. The fourth-order valence-corrected chi connectivity index (χ4v) is 2.30. The van der Waals surface area contributed by atoms with Gasteiger partial charge in [-0.05, 0) is 19.3 Å². The minimum absolute atomic E-state index is 0.253. The van der Waals surface area contributed by atoms with Crippen molar-refractivity contribution in [2.24, 2.45) is 0 Å². The number of unbranched alkanes of at least 4 members (excludes halogenated alkanes) is 3. The van der Waals surface area contributed by atoms with Gasteiger partial charge < -0.3 is 0 Å². The highest BCUT2D eigenvalue weighted by Gasteiger charge is 2.29. The van der Waals surface area contributed by atoms with Gasteiger partial charge in [-0.3, -0.25) is 5.26 Å². The predicted octanol–water partition coefficient (Wildman–Crippen LogP) is 4.79. The lowest BCUT2D eigenvalue weighted by molar-refractivity contribution is -0.329. The van der Waals surface area contributed by atoms with Gasteiger partial charge in [0.2, 0.25) is 0 Å². The fourth-order valence-electron chi connectivity index (χ4n) is 2.30. The van der Waals surface area contributed by atoms with Crippen LogP contribution in [0.2, 0.25) is 0 Å². The largest absolute Gasteiger partial charge is 0.251 e. The summed E-state index contributed by atoms with van der Waals surface area (Å²) in [6.07, 6.45) is 10.1. The summed E-state index contributed by atoms with van der Waals surface area (Å²) in [7, 11) is 0. The highest BCUT2D eigenvalue weighted by molar-refractivity contribution is 4.78. The molecule has 0 amide bonds. The van der Waals surface area contributed by atoms with Gasteiger partial charge in [-0.15, -0.1) is 0 Å². The molecule has 0 aromatic heterocycles. The normalized spacial score (nSPS) is 12.0. The van der Waals surface area contributed by atoms with Crippen LogP contribution in [0.15, 0.2) is 0 Å². The maximum Gasteiger partial charge on any atom is 0.103 e. The lowest BCUT2D eigenvalue weighted by Gasteiger charge is -2.29. The third-order valence-corrected chi connectivity index (χ3v) is 3.09. The van der Waals surface area contributed by atoms with E-state index in [1.165, 1.54) is 25.7 Å². The summed E-state index contributed by atoms with van der Waals surface area (Å²) in [5.41, 5.74) is -0.253. The lowest BCUT2D eigenvalue weighted by atomic mass is 9.87. The van der Waals surface area contributed by atoms with Crippen LogP contribution in [0.3, 0.4) is 0 Å². The molecule has 0 radical (unpaired) electrons. The number of hydrogen-bond acceptors (Lipinski definition) is 2. The molecule has 15 heavy (non-hydrogen) atoms. The molecule has 0 aliphatic heterocycles. The Labute approximate surface area is 95.0 Å². The van der Waals surface area contributed by atoms with Crippen molar-refractivity contribution in [3.05, 3.63) is 0 Å². The average Bonchev–Trinajstić information content (AvgIpc) is 2.25. The van der Waals surface area contributed by atoms with Gasteiger partial charge in [-0.25, -0.2) is 4.89 Å². The van der Waals surface area contributed by atoms with Crippen molar-refractivity contribution in [1.29, 1.82) is 0 Å². The van der Waals surface area contributed by atoms with Crippen molar-refractivity contribution in [1.82, 2.24) is 0 Å². The molecule has 0 bridgehead atoms. The van der Waals surface area contributed by atoms with Crippen LogP contribution in [0, 0.1) is 0 Å². The Kier molecular flexibility index (Phi) is 9.12. The van der Waals surface area contributed by atoms with Crippen LogP contribution in [0.4, 0.5) is 0 Å². The van der Waals surface area contributed by atoms with Crippen LogP contribution in [-0.2, 0) is 4.89 Å². The molecule has 0 aromatic carbocycles. The minimum atomic E-state index is -0.253. The van der Waals surface area contributed by atoms with Crippen LogP contribution in [0.25, 0.3) is 0 Å².